The van der Waals surface area contributed by atoms with E-state index in [1.54, 1.807) is 23.8 Å². The number of nitrogen functional groups attached to an aromatic ring is 1. The van der Waals surface area contributed by atoms with Gasteiger partial charge in [0.1, 0.15) is 5.69 Å². The third-order valence-electron chi connectivity index (χ3n) is 4.06. The number of nitrogens with zero attached hydrogens (tertiary/aromatic N) is 3. The van der Waals surface area contributed by atoms with Crippen LogP contribution in [-0.2, 0) is 0 Å². The summed E-state index contributed by atoms with van der Waals surface area (Å²) in [5.74, 6) is 0.0974. The van der Waals surface area contributed by atoms with Crippen molar-refractivity contribution in [2.45, 2.75) is 6.92 Å². The predicted molar refractivity (Wildman–Crippen MR) is 105 cm³/mol. The fourth-order valence-corrected chi connectivity index (χ4v) is 3.37. The number of hydrogen-bond donors (Lipinski definition) is 3. The molecule has 0 aliphatic rings. The van der Waals surface area contributed by atoms with E-state index in [9.17, 15) is 4.79 Å². The summed E-state index contributed by atoms with van der Waals surface area (Å²) in [5.41, 5.74) is 9.83. The number of rotatable bonds is 4. The maximum atomic E-state index is 12.5. The molecule has 0 bridgehead atoms. The maximum Gasteiger partial charge on any atom is 0.275 e. The van der Waals surface area contributed by atoms with Crippen molar-refractivity contribution in [3.63, 3.8) is 0 Å². The van der Waals surface area contributed by atoms with Crippen molar-refractivity contribution >= 4 is 39.5 Å². The second kappa shape index (κ2) is 6.69. The van der Waals surface area contributed by atoms with E-state index in [1.807, 2.05) is 19.1 Å². The summed E-state index contributed by atoms with van der Waals surface area (Å²) in [5, 5.41) is 13.3. The second-order valence-electron chi connectivity index (χ2n) is 5.88. The molecule has 0 saturated carbocycles. The van der Waals surface area contributed by atoms with Gasteiger partial charge < -0.3 is 15.8 Å². The average molecular weight is 380 g/mol. The van der Waals surface area contributed by atoms with E-state index in [0.717, 1.165) is 27.0 Å². The number of thiazole rings is 1. The van der Waals surface area contributed by atoms with Crippen LogP contribution >= 0.6 is 11.3 Å². The van der Waals surface area contributed by atoms with E-state index in [2.05, 4.69) is 25.5 Å². The van der Waals surface area contributed by atoms with E-state index in [-0.39, 0.29) is 5.91 Å². The fraction of sp³-hybridized carbons (Fsp3) is 0.111. The van der Waals surface area contributed by atoms with Gasteiger partial charge in [0.15, 0.2) is 0 Å². The van der Waals surface area contributed by atoms with Gasteiger partial charge in [-0.2, -0.15) is 5.10 Å². The lowest BCUT2D eigenvalue weighted by molar-refractivity contribution is 0.102. The van der Waals surface area contributed by atoms with Gasteiger partial charge in [0.2, 0.25) is 5.88 Å². The number of carbonyl (C=O) groups excluding carboxylic acids is 1. The number of methoxy groups -OCH3 is 1. The molecule has 4 rings (SSSR count). The van der Waals surface area contributed by atoms with Crippen LogP contribution in [-0.4, -0.2) is 33.2 Å². The monoisotopic (exact) mass is 380 g/mol. The lowest BCUT2D eigenvalue weighted by Crippen LogP contribution is -2.12. The van der Waals surface area contributed by atoms with Gasteiger partial charge in [0, 0.05) is 22.5 Å². The van der Waals surface area contributed by atoms with Crippen LogP contribution in [0.15, 0.2) is 36.0 Å². The number of benzene rings is 1. The van der Waals surface area contributed by atoms with Crippen LogP contribution in [0, 0.1) is 6.92 Å². The van der Waals surface area contributed by atoms with Crippen LogP contribution < -0.4 is 15.8 Å². The van der Waals surface area contributed by atoms with Crippen LogP contribution in [0.5, 0.6) is 5.88 Å². The van der Waals surface area contributed by atoms with Gasteiger partial charge in [-0.15, -0.1) is 11.3 Å². The number of H-pyrrole nitrogens is 1. The third-order valence-corrected chi connectivity index (χ3v) is 4.84. The number of hydrogen-bond acceptors (Lipinski definition) is 7. The number of nitrogens with one attached hydrogen (secondary N) is 2. The highest BCUT2D eigenvalue weighted by molar-refractivity contribution is 7.09. The Hall–Kier alpha value is -3.46. The topological polar surface area (TPSA) is 119 Å². The summed E-state index contributed by atoms with van der Waals surface area (Å²) in [7, 11) is 1.52. The Balaban J connectivity index is 1.75. The van der Waals surface area contributed by atoms with Crippen molar-refractivity contribution in [3.8, 4) is 17.0 Å². The summed E-state index contributed by atoms with van der Waals surface area (Å²) in [6.07, 6.45) is 3.34. The molecule has 0 spiro atoms. The molecule has 8 nitrogen and oxygen atoms in total. The molecule has 0 atom stereocenters. The SMILES string of the molecule is COc1ncc(-c2cc(NC(=O)c3csc(C)n3)c3cn[nH]c3c2)cc1N. The van der Waals surface area contributed by atoms with Crippen LogP contribution in [0.4, 0.5) is 11.4 Å². The number of carbonyl (C=O) groups is 1. The van der Waals surface area contributed by atoms with Crippen molar-refractivity contribution in [1.29, 1.82) is 0 Å². The summed E-state index contributed by atoms with van der Waals surface area (Å²) in [6.45, 7) is 1.86. The number of aromatic nitrogens is 4. The number of aromatic amines is 1. The number of pyridine rings is 1. The maximum absolute atomic E-state index is 12.5. The zero-order valence-electron chi connectivity index (χ0n) is 14.6. The first-order chi connectivity index (χ1) is 13.0. The molecule has 1 aromatic carbocycles. The van der Waals surface area contributed by atoms with E-state index >= 15 is 0 Å². The Kier molecular flexibility index (Phi) is 4.21. The first kappa shape index (κ1) is 17.0. The largest absolute Gasteiger partial charge is 0.480 e. The summed E-state index contributed by atoms with van der Waals surface area (Å²) >= 11 is 1.43. The Morgan fingerprint density at radius 2 is 2.11 bits per heavy atom. The molecule has 136 valence electrons. The molecule has 0 radical (unpaired) electrons. The fourth-order valence-electron chi connectivity index (χ4n) is 2.77. The molecule has 3 heterocycles. The highest BCUT2D eigenvalue weighted by atomic mass is 32.1. The van der Waals surface area contributed by atoms with Gasteiger partial charge >= 0.3 is 0 Å². The number of fused-ring (bicyclic) bond motifs is 1. The number of anilines is 2. The zero-order chi connectivity index (χ0) is 19.0. The number of nitrogens with two attached hydrogens (primary N) is 1. The predicted octanol–water partition coefficient (Wildman–Crippen LogP) is 3.23. The highest BCUT2D eigenvalue weighted by Gasteiger charge is 2.14. The lowest BCUT2D eigenvalue weighted by Gasteiger charge is -2.10. The molecule has 1 amide bonds. The van der Waals surface area contributed by atoms with Gasteiger partial charge in [-0.1, -0.05) is 0 Å². The van der Waals surface area contributed by atoms with E-state index in [1.165, 1.54) is 18.4 Å². The average Bonchev–Trinajstić information content (AvgIpc) is 3.30. The van der Waals surface area contributed by atoms with Gasteiger partial charge in [-0.25, -0.2) is 9.97 Å². The Bertz CT molecular complexity index is 1150. The Morgan fingerprint density at radius 1 is 1.26 bits per heavy atom. The van der Waals surface area contributed by atoms with Crippen molar-refractivity contribution in [1.82, 2.24) is 20.2 Å². The first-order valence-electron chi connectivity index (χ1n) is 8.05. The molecule has 4 aromatic rings. The number of ether oxygens (including phenoxy) is 1. The van der Waals surface area contributed by atoms with Crippen LogP contribution in [0.3, 0.4) is 0 Å². The molecule has 4 N–H and O–H groups in total. The molecular weight excluding hydrogens is 364 g/mol. The van der Waals surface area contributed by atoms with Crippen molar-refractivity contribution in [2.24, 2.45) is 0 Å². The lowest BCUT2D eigenvalue weighted by atomic mass is 10.0. The molecule has 0 fully saturated rings. The third kappa shape index (κ3) is 3.20. The normalized spacial score (nSPS) is 10.9. The minimum absolute atomic E-state index is 0.272. The summed E-state index contributed by atoms with van der Waals surface area (Å²) < 4.78 is 5.11. The molecular formula is C18H16N6O2S. The van der Waals surface area contributed by atoms with Gasteiger partial charge in [0.05, 0.1) is 35.2 Å². The van der Waals surface area contributed by atoms with E-state index in [4.69, 9.17) is 10.5 Å². The standard InChI is InChI=1S/C18H16N6O2S/c1-9-22-16(8-27-9)17(25)23-14-4-10(5-15-12(14)7-21-24-15)11-3-13(19)18(26-2)20-6-11/h3-8H,19H2,1-2H3,(H,21,24)(H,23,25). The zero-order valence-corrected chi connectivity index (χ0v) is 15.4. The smallest absolute Gasteiger partial charge is 0.275 e. The number of amides is 1. The first-order valence-corrected chi connectivity index (χ1v) is 8.93. The van der Waals surface area contributed by atoms with Crippen LogP contribution in [0.1, 0.15) is 15.5 Å². The molecule has 9 heteroatoms. The van der Waals surface area contributed by atoms with Gasteiger partial charge in [-0.3, -0.25) is 9.89 Å². The van der Waals surface area contributed by atoms with E-state index in [0.29, 0.717) is 22.9 Å². The van der Waals surface area contributed by atoms with E-state index < -0.39 is 0 Å². The summed E-state index contributed by atoms with van der Waals surface area (Å²) in [4.78, 5) is 21.0. The van der Waals surface area contributed by atoms with Crippen molar-refractivity contribution < 1.29 is 9.53 Å². The van der Waals surface area contributed by atoms with Gasteiger partial charge in [0.25, 0.3) is 5.91 Å². The van der Waals surface area contributed by atoms with Crippen LogP contribution in [0.25, 0.3) is 22.0 Å². The van der Waals surface area contributed by atoms with Crippen LogP contribution in [0.2, 0.25) is 0 Å². The molecule has 3 aromatic heterocycles. The van der Waals surface area contributed by atoms with Crippen molar-refractivity contribution in [3.05, 3.63) is 46.7 Å². The molecule has 27 heavy (non-hydrogen) atoms. The Morgan fingerprint density at radius 3 is 2.81 bits per heavy atom. The Labute approximate surface area is 158 Å². The molecule has 0 aliphatic heterocycles. The minimum Gasteiger partial charge on any atom is -0.480 e. The molecule has 0 unspecified atom stereocenters. The molecule has 0 saturated heterocycles. The van der Waals surface area contributed by atoms with Crippen molar-refractivity contribution in [2.75, 3.05) is 18.2 Å². The molecule has 0 aliphatic carbocycles. The quantitative estimate of drug-likeness (QED) is 0.500. The second-order valence-corrected chi connectivity index (χ2v) is 6.95. The summed E-state index contributed by atoms with van der Waals surface area (Å²) in [6, 6.07) is 5.56. The van der Waals surface area contributed by atoms with Gasteiger partial charge in [-0.05, 0) is 30.7 Å². The number of aryl methyl sites for hydroxylation is 1. The minimum atomic E-state index is -0.272. The highest BCUT2D eigenvalue weighted by Crippen LogP contribution is 2.32.